The number of imidazole rings is 1. The Hall–Kier alpha value is -1.62. The molecule has 0 atom stereocenters. The zero-order valence-electron chi connectivity index (χ0n) is 8.64. The van der Waals surface area contributed by atoms with Gasteiger partial charge in [-0.2, -0.15) is 0 Å². The summed E-state index contributed by atoms with van der Waals surface area (Å²) >= 11 is 3.31. The highest BCUT2D eigenvalue weighted by Gasteiger charge is 2.16. The summed E-state index contributed by atoms with van der Waals surface area (Å²) in [7, 11) is 1.77. The summed E-state index contributed by atoms with van der Waals surface area (Å²) in [6.07, 6.45) is 3.31. The SMILES string of the molecule is Cn1ccnc1C(=O)c1cc(Br)ccc1N. The highest BCUT2D eigenvalue weighted by Crippen LogP contribution is 2.20. The van der Waals surface area contributed by atoms with E-state index in [0.29, 0.717) is 17.1 Å². The Morgan fingerprint density at radius 1 is 1.50 bits per heavy atom. The normalized spacial score (nSPS) is 10.4. The third-order valence-electron chi connectivity index (χ3n) is 2.28. The third-order valence-corrected chi connectivity index (χ3v) is 2.78. The van der Waals surface area contributed by atoms with E-state index < -0.39 is 0 Å². The molecule has 0 amide bonds. The van der Waals surface area contributed by atoms with Gasteiger partial charge in [0.1, 0.15) is 0 Å². The van der Waals surface area contributed by atoms with E-state index in [1.54, 1.807) is 42.2 Å². The number of ketones is 1. The highest BCUT2D eigenvalue weighted by atomic mass is 79.9. The Balaban J connectivity index is 2.49. The largest absolute Gasteiger partial charge is 0.398 e. The fraction of sp³-hybridized carbons (Fsp3) is 0.0909. The van der Waals surface area contributed by atoms with Crippen LogP contribution in [0.1, 0.15) is 16.2 Å². The lowest BCUT2D eigenvalue weighted by Gasteiger charge is -2.05. The molecule has 5 heteroatoms. The number of nitrogen functional groups attached to an aromatic ring is 1. The molecule has 16 heavy (non-hydrogen) atoms. The van der Waals surface area contributed by atoms with Gasteiger partial charge < -0.3 is 10.3 Å². The molecular weight excluding hydrogens is 270 g/mol. The number of nitrogens with two attached hydrogens (primary N) is 1. The molecule has 82 valence electrons. The number of nitrogens with zero attached hydrogens (tertiary/aromatic N) is 2. The van der Waals surface area contributed by atoms with Gasteiger partial charge >= 0.3 is 0 Å². The first-order valence-electron chi connectivity index (χ1n) is 4.66. The fourth-order valence-corrected chi connectivity index (χ4v) is 1.79. The molecule has 0 aliphatic heterocycles. The minimum Gasteiger partial charge on any atom is -0.398 e. The van der Waals surface area contributed by atoms with Gasteiger partial charge in [-0.1, -0.05) is 15.9 Å². The predicted molar refractivity (Wildman–Crippen MR) is 65.2 cm³/mol. The van der Waals surface area contributed by atoms with Gasteiger partial charge in [0.15, 0.2) is 5.82 Å². The minimum absolute atomic E-state index is 0.175. The molecule has 0 saturated heterocycles. The summed E-state index contributed by atoms with van der Waals surface area (Å²) in [6, 6.07) is 5.19. The standard InChI is InChI=1S/C11H10BrN3O/c1-15-5-4-14-11(15)10(16)8-6-7(12)2-3-9(8)13/h2-6H,13H2,1H3. The van der Waals surface area contributed by atoms with Crippen molar-refractivity contribution in [1.29, 1.82) is 0 Å². The molecule has 1 heterocycles. The van der Waals surface area contributed by atoms with Crippen LogP contribution in [0.5, 0.6) is 0 Å². The number of carbonyl (C=O) groups excluding carboxylic acids is 1. The Morgan fingerprint density at radius 2 is 2.25 bits per heavy atom. The lowest BCUT2D eigenvalue weighted by Crippen LogP contribution is -2.10. The fourth-order valence-electron chi connectivity index (χ4n) is 1.43. The molecule has 0 unspecified atom stereocenters. The summed E-state index contributed by atoms with van der Waals surface area (Å²) in [5.41, 5.74) is 6.68. The zero-order chi connectivity index (χ0) is 11.7. The smallest absolute Gasteiger partial charge is 0.230 e. The quantitative estimate of drug-likeness (QED) is 0.676. The molecule has 0 radical (unpaired) electrons. The van der Waals surface area contributed by atoms with Gasteiger partial charge in [0.2, 0.25) is 5.78 Å². The number of rotatable bonds is 2. The van der Waals surface area contributed by atoms with Crippen LogP contribution in [0.2, 0.25) is 0 Å². The van der Waals surface area contributed by atoms with Crippen LogP contribution >= 0.6 is 15.9 Å². The number of halogens is 1. The van der Waals surface area contributed by atoms with E-state index >= 15 is 0 Å². The van der Waals surface area contributed by atoms with Crippen LogP contribution in [0.4, 0.5) is 5.69 Å². The second-order valence-corrected chi connectivity index (χ2v) is 4.34. The van der Waals surface area contributed by atoms with Crippen molar-refractivity contribution >= 4 is 27.4 Å². The summed E-state index contributed by atoms with van der Waals surface area (Å²) in [5, 5.41) is 0. The van der Waals surface area contributed by atoms with Gasteiger partial charge in [-0.25, -0.2) is 4.98 Å². The van der Waals surface area contributed by atoms with E-state index in [1.165, 1.54) is 0 Å². The van der Waals surface area contributed by atoms with Crippen molar-refractivity contribution in [3.05, 3.63) is 46.5 Å². The molecule has 1 aromatic carbocycles. The first-order valence-corrected chi connectivity index (χ1v) is 5.46. The van der Waals surface area contributed by atoms with Crippen LogP contribution in [0.25, 0.3) is 0 Å². The lowest BCUT2D eigenvalue weighted by molar-refractivity contribution is 0.102. The zero-order valence-corrected chi connectivity index (χ0v) is 10.2. The van der Waals surface area contributed by atoms with Crippen molar-refractivity contribution in [2.45, 2.75) is 0 Å². The summed E-state index contributed by atoms with van der Waals surface area (Å²) in [5.74, 6) is 0.205. The van der Waals surface area contributed by atoms with Crippen molar-refractivity contribution < 1.29 is 4.79 Å². The van der Waals surface area contributed by atoms with Crippen LogP contribution in [-0.4, -0.2) is 15.3 Å². The molecule has 0 fully saturated rings. The van der Waals surface area contributed by atoms with Crippen molar-refractivity contribution in [3.63, 3.8) is 0 Å². The van der Waals surface area contributed by atoms with Gasteiger partial charge in [0, 0.05) is 35.2 Å². The third kappa shape index (κ3) is 1.86. The first kappa shape index (κ1) is 10.9. The number of benzene rings is 1. The maximum Gasteiger partial charge on any atom is 0.230 e. The molecule has 2 rings (SSSR count). The molecule has 2 aromatic rings. The van der Waals surface area contributed by atoms with E-state index in [-0.39, 0.29) is 5.78 Å². The van der Waals surface area contributed by atoms with Crippen LogP contribution in [0, 0.1) is 0 Å². The van der Waals surface area contributed by atoms with Crippen molar-refractivity contribution in [3.8, 4) is 0 Å². The van der Waals surface area contributed by atoms with Crippen LogP contribution in [-0.2, 0) is 7.05 Å². The Kier molecular flexibility index (Phi) is 2.78. The molecule has 0 aliphatic carbocycles. The lowest BCUT2D eigenvalue weighted by atomic mass is 10.1. The molecule has 0 bridgehead atoms. The van der Waals surface area contributed by atoms with E-state index in [0.717, 1.165) is 4.47 Å². The van der Waals surface area contributed by atoms with Gasteiger partial charge in [0.25, 0.3) is 0 Å². The van der Waals surface area contributed by atoms with Crippen LogP contribution in [0.15, 0.2) is 35.1 Å². The topological polar surface area (TPSA) is 60.9 Å². The number of aryl methyl sites for hydroxylation is 1. The predicted octanol–water partition coefficient (Wildman–Crippen LogP) is 2.00. The summed E-state index contributed by atoms with van der Waals surface area (Å²) in [4.78, 5) is 16.1. The Labute approximate surface area is 101 Å². The van der Waals surface area contributed by atoms with Crippen LogP contribution in [0.3, 0.4) is 0 Å². The van der Waals surface area contributed by atoms with Crippen molar-refractivity contribution in [1.82, 2.24) is 9.55 Å². The van der Waals surface area contributed by atoms with Gasteiger partial charge in [-0.3, -0.25) is 4.79 Å². The molecule has 2 N–H and O–H groups in total. The molecule has 0 saturated carbocycles. The number of anilines is 1. The molecular formula is C11H10BrN3O. The average molecular weight is 280 g/mol. The number of aromatic nitrogens is 2. The maximum atomic E-state index is 12.1. The minimum atomic E-state index is -0.175. The monoisotopic (exact) mass is 279 g/mol. The van der Waals surface area contributed by atoms with Crippen LogP contribution < -0.4 is 5.73 Å². The van der Waals surface area contributed by atoms with E-state index in [2.05, 4.69) is 20.9 Å². The van der Waals surface area contributed by atoms with Gasteiger partial charge in [-0.15, -0.1) is 0 Å². The molecule has 0 spiro atoms. The summed E-state index contributed by atoms with van der Waals surface area (Å²) < 4.78 is 2.49. The molecule has 4 nitrogen and oxygen atoms in total. The molecule has 1 aromatic heterocycles. The van der Waals surface area contributed by atoms with Gasteiger partial charge in [0.05, 0.1) is 0 Å². The van der Waals surface area contributed by atoms with E-state index in [4.69, 9.17) is 5.73 Å². The van der Waals surface area contributed by atoms with E-state index in [9.17, 15) is 4.79 Å². The first-order chi connectivity index (χ1) is 7.59. The van der Waals surface area contributed by atoms with Crippen molar-refractivity contribution in [2.24, 2.45) is 7.05 Å². The number of hydrogen-bond acceptors (Lipinski definition) is 3. The van der Waals surface area contributed by atoms with E-state index in [1.807, 2.05) is 0 Å². The van der Waals surface area contributed by atoms with Gasteiger partial charge in [-0.05, 0) is 18.2 Å². The average Bonchev–Trinajstić information content (AvgIpc) is 2.67. The second-order valence-electron chi connectivity index (χ2n) is 3.42. The molecule has 0 aliphatic rings. The Bertz CT molecular complexity index is 548. The summed E-state index contributed by atoms with van der Waals surface area (Å²) in [6.45, 7) is 0. The van der Waals surface area contributed by atoms with Crippen molar-refractivity contribution in [2.75, 3.05) is 5.73 Å². The Morgan fingerprint density at radius 3 is 2.88 bits per heavy atom. The number of hydrogen-bond donors (Lipinski definition) is 1. The maximum absolute atomic E-state index is 12.1. The number of carbonyl (C=O) groups is 1. The second kappa shape index (κ2) is 4.09. The highest BCUT2D eigenvalue weighted by molar-refractivity contribution is 9.10.